The van der Waals surface area contributed by atoms with Crippen LogP contribution in [0.1, 0.15) is 0 Å². The molecule has 3 aromatic rings. The van der Waals surface area contributed by atoms with E-state index in [1.165, 1.54) is 12.1 Å². The SMILES string of the molecule is Oc1cccn2cc(-c3ccc(F)cc3)nc12. The van der Waals surface area contributed by atoms with Crippen LogP contribution in [0.4, 0.5) is 4.39 Å². The van der Waals surface area contributed by atoms with Crippen molar-refractivity contribution in [3.8, 4) is 17.0 Å². The predicted octanol–water partition coefficient (Wildman–Crippen LogP) is 2.85. The van der Waals surface area contributed by atoms with Gasteiger partial charge in [-0.25, -0.2) is 9.37 Å². The van der Waals surface area contributed by atoms with Crippen molar-refractivity contribution < 1.29 is 9.50 Å². The second-order valence-corrected chi connectivity index (χ2v) is 3.76. The molecule has 0 aliphatic carbocycles. The Morgan fingerprint density at radius 1 is 1.12 bits per heavy atom. The van der Waals surface area contributed by atoms with Gasteiger partial charge in [0.1, 0.15) is 5.82 Å². The largest absolute Gasteiger partial charge is 0.504 e. The van der Waals surface area contributed by atoms with Gasteiger partial charge in [-0.05, 0) is 36.4 Å². The third-order valence-corrected chi connectivity index (χ3v) is 2.60. The van der Waals surface area contributed by atoms with E-state index in [0.29, 0.717) is 11.3 Å². The Morgan fingerprint density at radius 3 is 2.59 bits per heavy atom. The van der Waals surface area contributed by atoms with E-state index in [2.05, 4.69) is 4.98 Å². The van der Waals surface area contributed by atoms with Crippen LogP contribution in [0.15, 0.2) is 48.8 Å². The molecule has 0 amide bonds. The highest BCUT2D eigenvalue weighted by atomic mass is 19.1. The first kappa shape index (κ1) is 9.84. The molecular formula is C13H9FN2O. The van der Waals surface area contributed by atoms with Crippen LogP contribution >= 0.6 is 0 Å². The minimum atomic E-state index is -0.277. The molecule has 3 nitrogen and oxygen atoms in total. The number of halogens is 1. The summed E-state index contributed by atoms with van der Waals surface area (Å²) in [6.07, 6.45) is 3.59. The fraction of sp³-hybridized carbons (Fsp3) is 0. The molecule has 0 atom stereocenters. The van der Waals surface area contributed by atoms with Gasteiger partial charge < -0.3 is 9.51 Å². The van der Waals surface area contributed by atoms with Crippen molar-refractivity contribution in [2.45, 2.75) is 0 Å². The van der Waals surface area contributed by atoms with Crippen LogP contribution in [0, 0.1) is 5.82 Å². The number of rotatable bonds is 1. The van der Waals surface area contributed by atoms with Gasteiger partial charge in [0.25, 0.3) is 0 Å². The summed E-state index contributed by atoms with van der Waals surface area (Å²) in [6.45, 7) is 0. The Bertz CT molecular complexity index is 673. The van der Waals surface area contributed by atoms with Crippen molar-refractivity contribution in [1.82, 2.24) is 9.38 Å². The van der Waals surface area contributed by atoms with Gasteiger partial charge in [-0.15, -0.1) is 0 Å². The number of pyridine rings is 1. The van der Waals surface area contributed by atoms with Crippen LogP contribution < -0.4 is 0 Å². The van der Waals surface area contributed by atoms with E-state index < -0.39 is 0 Å². The maximum atomic E-state index is 12.8. The van der Waals surface area contributed by atoms with E-state index in [9.17, 15) is 9.50 Å². The van der Waals surface area contributed by atoms with Gasteiger partial charge >= 0.3 is 0 Å². The quantitative estimate of drug-likeness (QED) is 0.695. The van der Waals surface area contributed by atoms with Crippen molar-refractivity contribution in [3.63, 3.8) is 0 Å². The fourth-order valence-electron chi connectivity index (χ4n) is 1.76. The molecule has 0 bridgehead atoms. The van der Waals surface area contributed by atoms with Crippen molar-refractivity contribution >= 4 is 5.65 Å². The highest BCUT2D eigenvalue weighted by molar-refractivity contribution is 5.65. The van der Waals surface area contributed by atoms with Crippen molar-refractivity contribution in [3.05, 3.63) is 54.6 Å². The first-order valence-electron chi connectivity index (χ1n) is 5.17. The molecule has 3 rings (SSSR count). The molecule has 0 fully saturated rings. The minimum absolute atomic E-state index is 0.126. The molecule has 0 radical (unpaired) electrons. The number of benzene rings is 1. The number of fused-ring (bicyclic) bond motifs is 1. The highest BCUT2D eigenvalue weighted by Gasteiger charge is 2.06. The minimum Gasteiger partial charge on any atom is -0.504 e. The summed E-state index contributed by atoms with van der Waals surface area (Å²) in [4.78, 5) is 4.30. The normalized spacial score (nSPS) is 10.9. The molecule has 0 saturated carbocycles. The number of hydrogen-bond acceptors (Lipinski definition) is 2. The third kappa shape index (κ3) is 1.63. The number of nitrogens with zero attached hydrogens (tertiary/aromatic N) is 2. The molecule has 4 heteroatoms. The Kier molecular flexibility index (Phi) is 2.08. The summed E-state index contributed by atoms with van der Waals surface area (Å²) in [6, 6.07) is 9.41. The summed E-state index contributed by atoms with van der Waals surface area (Å²) in [5.74, 6) is -0.152. The summed E-state index contributed by atoms with van der Waals surface area (Å²) >= 11 is 0. The maximum Gasteiger partial charge on any atom is 0.180 e. The van der Waals surface area contributed by atoms with E-state index in [1.807, 2.05) is 0 Å². The summed E-state index contributed by atoms with van der Waals surface area (Å²) in [5, 5.41) is 9.63. The van der Waals surface area contributed by atoms with E-state index in [4.69, 9.17) is 0 Å². The van der Waals surface area contributed by atoms with E-state index in [1.54, 1.807) is 41.1 Å². The molecule has 0 saturated heterocycles. The zero-order chi connectivity index (χ0) is 11.8. The van der Waals surface area contributed by atoms with Gasteiger partial charge in [-0.2, -0.15) is 0 Å². The van der Waals surface area contributed by atoms with Gasteiger partial charge in [0.2, 0.25) is 0 Å². The van der Waals surface area contributed by atoms with Crippen LogP contribution in [0.5, 0.6) is 5.75 Å². The fourth-order valence-corrected chi connectivity index (χ4v) is 1.76. The van der Waals surface area contributed by atoms with Gasteiger partial charge in [0.05, 0.1) is 5.69 Å². The van der Waals surface area contributed by atoms with Crippen LogP contribution in [0.3, 0.4) is 0 Å². The lowest BCUT2D eigenvalue weighted by atomic mass is 10.2. The van der Waals surface area contributed by atoms with Crippen LogP contribution in [0.25, 0.3) is 16.9 Å². The van der Waals surface area contributed by atoms with Crippen molar-refractivity contribution in [2.24, 2.45) is 0 Å². The van der Waals surface area contributed by atoms with E-state index in [0.717, 1.165) is 5.56 Å². The van der Waals surface area contributed by atoms with Gasteiger partial charge in [-0.3, -0.25) is 0 Å². The topological polar surface area (TPSA) is 37.5 Å². The van der Waals surface area contributed by atoms with Crippen LogP contribution in [-0.4, -0.2) is 14.5 Å². The molecule has 0 aliphatic heterocycles. The predicted molar refractivity (Wildman–Crippen MR) is 62.3 cm³/mol. The lowest BCUT2D eigenvalue weighted by molar-refractivity contribution is 0.477. The molecule has 17 heavy (non-hydrogen) atoms. The average molecular weight is 228 g/mol. The molecule has 2 heterocycles. The standard InChI is InChI=1S/C13H9FN2O/c14-10-5-3-9(4-6-10)11-8-16-7-1-2-12(17)13(16)15-11/h1-8,17H. The molecule has 0 unspecified atom stereocenters. The van der Waals surface area contributed by atoms with Crippen molar-refractivity contribution in [2.75, 3.05) is 0 Å². The van der Waals surface area contributed by atoms with Crippen LogP contribution in [0.2, 0.25) is 0 Å². The average Bonchev–Trinajstić information content (AvgIpc) is 2.75. The van der Waals surface area contributed by atoms with E-state index >= 15 is 0 Å². The first-order chi connectivity index (χ1) is 8.24. The molecule has 1 aromatic carbocycles. The number of aromatic nitrogens is 2. The summed E-state index contributed by atoms with van der Waals surface area (Å²) in [7, 11) is 0. The number of imidazole rings is 1. The Morgan fingerprint density at radius 2 is 1.88 bits per heavy atom. The second-order valence-electron chi connectivity index (χ2n) is 3.76. The molecule has 84 valence electrons. The van der Waals surface area contributed by atoms with Gasteiger partial charge in [-0.1, -0.05) is 0 Å². The number of aromatic hydroxyl groups is 1. The summed E-state index contributed by atoms with van der Waals surface area (Å²) < 4.78 is 14.5. The zero-order valence-electron chi connectivity index (χ0n) is 8.84. The molecule has 2 aromatic heterocycles. The molecular weight excluding hydrogens is 219 g/mol. The molecule has 1 N–H and O–H groups in total. The van der Waals surface area contributed by atoms with E-state index in [-0.39, 0.29) is 11.6 Å². The first-order valence-corrected chi connectivity index (χ1v) is 5.17. The Labute approximate surface area is 96.8 Å². The zero-order valence-corrected chi connectivity index (χ0v) is 8.84. The maximum absolute atomic E-state index is 12.8. The third-order valence-electron chi connectivity index (χ3n) is 2.60. The number of hydrogen-bond donors (Lipinski definition) is 1. The monoisotopic (exact) mass is 228 g/mol. The Balaban J connectivity index is 2.18. The van der Waals surface area contributed by atoms with Crippen molar-refractivity contribution in [1.29, 1.82) is 0 Å². The van der Waals surface area contributed by atoms with Crippen LogP contribution in [-0.2, 0) is 0 Å². The lowest BCUT2D eigenvalue weighted by Crippen LogP contribution is -1.80. The lowest BCUT2D eigenvalue weighted by Gasteiger charge is -1.94. The highest BCUT2D eigenvalue weighted by Crippen LogP contribution is 2.23. The van der Waals surface area contributed by atoms with Gasteiger partial charge in [0.15, 0.2) is 11.4 Å². The molecule has 0 aliphatic rings. The summed E-state index contributed by atoms with van der Waals surface area (Å²) in [5.41, 5.74) is 2.01. The Hall–Kier alpha value is -2.36. The second kappa shape index (κ2) is 3.59. The molecule has 0 spiro atoms. The smallest absolute Gasteiger partial charge is 0.180 e. The van der Waals surface area contributed by atoms with Gasteiger partial charge in [0, 0.05) is 18.0 Å².